The van der Waals surface area contributed by atoms with Crippen molar-refractivity contribution in [2.24, 2.45) is 11.8 Å². The summed E-state index contributed by atoms with van der Waals surface area (Å²) in [7, 11) is 0. The standard InChI is InChI=1S/C38H46FN5O4/c1-37(2,3)48-35(46)40-38(4,5)29-18-19-41(25-29)33-21-32-30(20-31(33)39)34(45)44(36(47)43(32)24-28-16-17-28)42(22-26-12-8-6-9-13-26)23-27-14-10-7-11-15-27/h6-15,20-21,28-29H,16-19,22-25H2,1-5H3,(H,40,46)/t29-/m1/s1. The van der Waals surface area contributed by atoms with Crippen LogP contribution in [-0.2, 0) is 24.4 Å². The van der Waals surface area contributed by atoms with Crippen LogP contribution in [-0.4, -0.2) is 39.6 Å². The first-order valence-corrected chi connectivity index (χ1v) is 16.9. The van der Waals surface area contributed by atoms with Crippen LogP contribution in [0, 0.1) is 17.7 Å². The molecule has 1 aliphatic heterocycles. The predicted octanol–water partition coefficient (Wildman–Crippen LogP) is 6.18. The van der Waals surface area contributed by atoms with E-state index in [1.807, 2.05) is 100 Å². The molecule has 1 aliphatic carbocycles. The Bertz CT molecular complexity index is 1850. The monoisotopic (exact) mass is 655 g/mol. The molecule has 0 radical (unpaired) electrons. The maximum Gasteiger partial charge on any atom is 0.408 e. The van der Waals surface area contributed by atoms with E-state index in [2.05, 4.69) is 5.32 Å². The normalized spacial score (nSPS) is 16.7. The largest absolute Gasteiger partial charge is 0.444 e. The van der Waals surface area contributed by atoms with Crippen LogP contribution < -0.4 is 26.5 Å². The molecule has 1 atom stereocenters. The Labute approximate surface area is 280 Å². The number of rotatable bonds is 10. The molecule has 48 heavy (non-hydrogen) atoms. The van der Waals surface area contributed by atoms with Crippen molar-refractivity contribution >= 4 is 22.7 Å². The second kappa shape index (κ2) is 13.1. The molecule has 10 heteroatoms. The van der Waals surface area contributed by atoms with Gasteiger partial charge in [-0.3, -0.25) is 14.4 Å². The number of halogens is 1. The topological polar surface area (TPSA) is 88.8 Å². The summed E-state index contributed by atoms with van der Waals surface area (Å²) < 4.78 is 24.5. The Kier molecular flexibility index (Phi) is 9.11. The van der Waals surface area contributed by atoms with Crippen molar-refractivity contribution in [1.82, 2.24) is 14.6 Å². The third-order valence-corrected chi connectivity index (χ3v) is 9.40. The van der Waals surface area contributed by atoms with Gasteiger partial charge in [-0.25, -0.2) is 14.0 Å². The van der Waals surface area contributed by atoms with E-state index in [1.54, 1.807) is 15.6 Å². The first kappa shape index (κ1) is 33.3. The number of nitrogens with one attached hydrogen (secondary N) is 1. The van der Waals surface area contributed by atoms with Gasteiger partial charge in [0.15, 0.2) is 0 Å². The number of amides is 1. The molecule has 4 aromatic rings. The zero-order valence-electron chi connectivity index (χ0n) is 28.5. The van der Waals surface area contributed by atoms with Gasteiger partial charge in [-0.15, -0.1) is 0 Å². The smallest absolute Gasteiger partial charge is 0.408 e. The third-order valence-electron chi connectivity index (χ3n) is 9.40. The van der Waals surface area contributed by atoms with E-state index < -0.39 is 34.3 Å². The van der Waals surface area contributed by atoms with Crippen molar-refractivity contribution in [3.05, 3.63) is 111 Å². The van der Waals surface area contributed by atoms with Gasteiger partial charge in [-0.1, -0.05) is 60.7 Å². The third kappa shape index (κ3) is 7.42. The molecule has 2 aliphatic rings. The van der Waals surface area contributed by atoms with E-state index in [-0.39, 0.29) is 11.3 Å². The number of alkyl carbamates (subject to hydrolysis) is 1. The van der Waals surface area contributed by atoms with Crippen LogP contribution in [0.1, 0.15) is 65.0 Å². The Morgan fingerprint density at radius 3 is 2.08 bits per heavy atom. The average Bonchev–Trinajstić information content (AvgIpc) is 3.70. The van der Waals surface area contributed by atoms with Crippen molar-refractivity contribution < 1.29 is 13.9 Å². The molecule has 1 aromatic heterocycles. The first-order chi connectivity index (χ1) is 22.8. The second-order valence-electron chi connectivity index (χ2n) is 14.8. The fraction of sp³-hybridized carbons (Fsp3) is 0.447. The van der Waals surface area contributed by atoms with Gasteiger partial charge in [0.25, 0.3) is 5.56 Å². The summed E-state index contributed by atoms with van der Waals surface area (Å²) in [5, 5.41) is 4.93. The molecular formula is C38H46FN5O4. The van der Waals surface area contributed by atoms with Crippen molar-refractivity contribution in [1.29, 1.82) is 0 Å². The Morgan fingerprint density at radius 1 is 0.917 bits per heavy atom. The van der Waals surface area contributed by atoms with Crippen LogP contribution in [0.3, 0.4) is 0 Å². The lowest BCUT2D eigenvalue weighted by atomic mass is 9.87. The Hall–Kier alpha value is -4.60. The van der Waals surface area contributed by atoms with Crippen LogP contribution in [0.4, 0.5) is 14.9 Å². The molecule has 0 unspecified atom stereocenters. The number of hydrogen-bond acceptors (Lipinski definition) is 6. The van der Waals surface area contributed by atoms with E-state index >= 15 is 4.39 Å². The Balaban J connectivity index is 1.38. The van der Waals surface area contributed by atoms with E-state index in [4.69, 9.17) is 4.74 Å². The molecule has 3 aromatic carbocycles. The van der Waals surface area contributed by atoms with Gasteiger partial charge in [0.1, 0.15) is 11.4 Å². The lowest BCUT2D eigenvalue weighted by Gasteiger charge is -2.34. The van der Waals surface area contributed by atoms with E-state index in [0.29, 0.717) is 49.8 Å². The lowest BCUT2D eigenvalue weighted by molar-refractivity contribution is 0.0442. The molecule has 2 fully saturated rings. The van der Waals surface area contributed by atoms with Gasteiger partial charge in [0, 0.05) is 31.1 Å². The lowest BCUT2D eigenvalue weighted by Crippen LogP contribution is -2.52. The van der Waals surface area contributed by atoms with Gasteiger partial charge in [-0.05, 0) is 83.1 Å². The molecule has 0 spiro atoms. The number of anilines is 1. The van der Waals surface area contributed by atoms with Crippen molar-refractivity contribution in [3.63, 3.8) is 0 Å². The summed E-state index contributed by atoms with van der Waals surface area (Å²) in [6, 6.07) is 22.4. The molecule has 1 saturated heterocycles. The minimum absolute atomic E-state index is 0.0197. The molecule has 6 rings (SSSR count). The molecular weight excluding hydrogens is 609 g/mol. The van der Waals surface area contributed by atoms with Gasteiger partial charge < -0.3 is 15.0 Å². The van der Waals surface area contributed by atoms with Gasteiger partial charge in [0.05, 0.1) is 29.7 Å². The van der Waals surface area contributed by atoms with Gasteiger partial charge in [-0.2, -0.15) is 4.68 Å². The van der Waals surface area contributed by atoms with E-state index in [0.717, 1.165) is 30.4 Å². The van der Waals surface area contributed by atoms with Gasteiger partial charge in [0.2, 0.25) is 0 Å². The number of carbonyl (C=O) groups is 1. The number of ether oxygens (including phenoxy) is 1. The number of benzene rings is 3. The van der Waals surface area contributed by atoms with Crippen molar-refractivity contribution in [2.45, 2.75) is 84.7 Å². The summed E-state index contributed by atoms with van der Waals surface area (Å²) in [6.45, 7) is 11.5. The zero-order valence-corrected chi connectivity index (χ0v) is 28.5. The summed E-state index contributed by atoms with van der Waals surface area (Å²) in [4.78, 5) is 43.2. The molecule has 1 N–H and O–H groups in total. The van der Waals surface area contributed by atoms with E-state index in [9.17, 15) is 14.4 Å². The highest BCUT2D eigenvalue weighted by atomic mass is 19.1. The number of hydrogen-bond donors (Lipinski definition) is 1. The summed E-state index contributed by atoms with van der Waals surface area (Å²) >= 11 is 0. The molecule has 0 bridgehead atoms. The maximum atomic E-state index is 16.1. The maximum absolute atomic E-state index is 16.1. The summed E-state index contributed by atoms with van der Waals surface area (Å²) in [5.41, 5.74) is 0.499. The van der Waals surface area contributed by atoms with Gasteiger partial charge >= 0.3 is 11.8 Å². The summed E-state index contributed by atoms with van der Waals surface area (Å²) in [6.07, 6.45) is 2.25. The number of nitrogens with zero attached hydrogens (tertiary/aromatic N) is 4. The molecule has 1 amide bonds. The van der Waals surface area contributed by atoms with Crippen LogP contribution >= 0.6 is 0 Å². The molecule has 2 heterocycles. The van der Waals surface area contributed by atoms with Crippen LogP contribution in [0.25, 0.3) is 10.9 Å². The molecule has 254 valence electrons. The highest BCUT2D eigenvalue weighted by molar-refractivity contribution is 5.83. The fourth-order valence-electron chi connectivity index (χ4n) is 6.61. The number of fused-ring (bicyclic) bond motifs is 1. The van der Waals surface area contributed by atoms with Crippen LogP contribution in [0.5, 0.6) is 0 Å². The highest BCUT2D eigenvalue weighted by Crippen LogP contribution is 2.35. The number of carbonyl (C=O) groups excluding carboxylic acids is 1. The highest BCUT2D eigenvalue weighted by Gasteiger charge is 2.38. The number of aromatic nitrogens is 2. The van der Waals surface area contributed by atoms with Crippen LogP contribution in [0.15, 0.2) is 82.4 Å². The van der Waals surface area contributed by atoms with Crippen molar-refractivity contribution in [2.75, 3.05) is 23.0 Å². The second-order valence-corrected chi connectivity index (χ2v) is 14.8. The minimum atomic E-state index is -0.620. The fourth-order valence-corrected chi connectivity index (χ4v) is 6.61. The molecule has 9 nitrogen and oxygen atoms in total. The molecule has 1 saturated carbocycles. The predicted molar refractivity (Wildman–Crippen MR) is 187 cm³/mol. The van der Waals surface area contributed by atoms with E-state index in [1.165, 1.54) is 10.7 Å². The zero-order chi connectivity index (χ0) is 34.2. The first-order valence-electron chi connectivity index (χ1n) is 16.9. The van der Waals surface area contributed by atoms with Crippen molar-refractivity contribution in [3.8, 4) is 0 Å². The summed E-state index contributed by atoms with van der Waals surface area (Å²) in [5.74, 6) is -0.164. The minimum Gasteiger partial charge on any atom is -0.444 e. The Morgan fingerprint density at radius 2 is 1.52 bits per heavy atom. The quantitative estimate of drug-likeness (QED) is 0.220. The SMILES string of the molecule is CC(C)(C)OC(=O)NC(C)(C)[C@@H]1CCN(c2cc3c(cc2F)c(=O)n(N(Cc2ccccc2)Cc2ccccc2)c(=O)n3CC2CC2)C1. The average molecular weight is 656 g/mol. The van der Waals surface area contributed by atoms with Crippen LogP contribution in [0.2, 0.25) is 0 Å².